The summed E-state index contributed by atoms with van der Waals surface area (Å²) in [5.74, 6) is 0.643. The zero-order valence-electron chi connectivity index (χ0n) is 22.6. The number of aromatic nitrogens is 3. The average molecular weight is 537 g/mol. The molecule has 11 heteroatoms. The van der Waals surface area contributed by atoms with Gasteiger partial charge in [-0.2, -0.15) is 5.10 Å². The number of ether oxygens (including phenoxy) is 1. The Hall–Kier alpha value is -3.70. The van der Waals surface area contributed by atoms with E-state index in [4.69, 9.17) is 22.7 Å². The molecule has 1 amide bonds. The van der Waals surface area contributed by atoms with E-state index in [1.165, 1.54) is 0 Å². The van der Waals surface area contributed by atoms with Gasteiger partial charge in [0.05, 0.1) is 17.1 Å². The maximum Gasteiger partial charge on any atom is 0.410 e. The van der Waals surface area contributed by atoms with Crippen molar-refractivity contribution in [3.8, 4) is 11.3 Å². The number of pyridine rings is 1. The third-order valence-corrected chi connectivity index (χ3v) is 6.64. The molecule has 2 aromatic heterocycles. The van der Waals surface area contributed by atoms with Crippen LogP contribution >= 0.6 is 12.2 Å². The molecule has 4 N–H and O–H groups in total. The first-order chi connectivity index (χ1) is 18.0. The fraction of sp³-hybridized carbons (Fsp3) is 0.407. The number of amides is 1. The van der Waals surface area contributed by atoms with Gasteiger partial charge in [-0.3, -0.25) is 9.58 Å². The first kappa shape index (κ1) is 27.3. The molecule has 1 aliphatic heterocycles. The van der Waals surface area contributed by atoms with E-state index in [-0.39, 0.29) is 12.1 Å². The molecule has 1 aromatic carbocycles. The second-order valence-corrected chi connectivity index (χ2v) is 10.8. The third kappa shape index (κ3) is 6.78. The average Bonchev–Trinajstić information content (AvgIpc) is 3.30. The molecule has 0 aliphatic carbocycles. The highest BCUT2D eigenvalue weighted by atomic mass is 32.1. The van der Waals surface area contributed by atoms with Gasteiger partial charge in [-0.15, -0.1) is 0 Å². The molecule has 38 heavy (non-hydrogen) atoms. The molecule has 1 saturated heterocycles. The molecule has 1 fully saturated rings. The van der Waals surface area contributed by atoms with E-state index in [1.54, 1.807) is 22.0 Å². The summed E-state index contributed by atoms with van der Waals surface area (Å²) in [6.45, 7) is 10.6. The smallest absolute Gasteiger partial charge is 0.410 e. The van der Waals surface area contributed by atoms with Gasteiger partial charge in [0, 0.05) is 57.2 Å². The minimum Gasteiger partial charge on any atom is -0.444 e. The maximum absolute atomic E-state index is 12.4. The topological polar surface area (TPSA) is 114 Å². The lowest BCUT2D eigenvalue weighted by atomic mass is 10.1. The highest BCUT2D eigenvalue weighted by Crippen LogP contribution is 2.27. The Kier molecular flexibility index (Phi) is 8.17. The van der Waals surface area contributed by atoms with Gasteiger partial charge in [0.25, 0.3) is 0 Å². The molecule has 1 aliphatic rings. The number of carbonyl (C=O) groups excluding carboxylic acids is 1. The first-order valence-electron chi connectivity index (χ1n) is 12.6. The summed E-state index contributed by atoms with van der Waals surface area (Å²) in [4.78, 5) is 20.9. The number of nitrogens with zero attached hydrogens (tertiary/aromatic N) is 5. The summed E-state index contributed by atoms with van der Waals surface area (Å²) in [5.41, 5.74) is 10.1. The van der Waals surface area contributed by atoms with Crippen LogP contribution in [0.2, 0.25) is 0 Å². The number of anilines is 3. The van der Waals surface area contributed by atoms with E-state index in [1.807, 2.05) is 64.2 Å². The van der Waals surface area contributed by atoms with Gasteiger partial charge in [-0.25, -0.2) is 9.78 Å². The fourth-order valence-corrected chi connectivity index (χ4v) is 4.58. The van der Waals surface area contributed by atoms with Crippen molar-refractivity contribution >= 4 is 40.6 Å². The number of nitrogens with two attached hydrogens (primary N) is 1. The second-order valence-electron chi connectivity index (χ2n) is 10.4. The molecule has 3 aromatic rings. The summed E-state index contributed by atoms with van der Waals surface area (Å²) in [6.07, 6.45) is 3.27. The van der Waals surface area contributed by atoms with Gasteiger partial charge >= 0.3 is 6.09 Å². The van der Waals surface area contributed by atoms with E-state index in [9.17, 15) is 4.79 Å². The van der Waals surface area contributed by atoms with Crippen LogP contribution in [0.4, 0.5) is 22.0 Å². The minimum absolute atomic E-state index is 0.149. The number of benzene rings is 1. The molecular formula is C27H36N8O2S. The number of thiocarbonyl (C=S) groups is 1. The quantitative estimate of drug-likeness (QED) is 0.321. The van der Waals surface area contributed by atoms with E-state index in [0.29, 0.717) is 35.4 Å². The van der Waals surface area contributed by atoms with Crippen LogP contribution in [0, 0.1) is 0 Å². The van der Waals surface area contributed by atoms with Crippen LogP contribution in [0.25, 0.3) is 11.3 Å². The largest absolute Gasteiger partial charge is 0.444 e. The number of nitrogens with one attached hydrogen (secondary N) is 2. The summed E-state index contributed by atoms with van der Waals surface area (Å²) in [6, 6.07) is 11.8. The zero-order chi connectivity index (χ0) is 27.4. The van der Waals surface area contributed by atoms with E-state index < -0.39 is 5.60 Å². The van der Waals surface area contributed by atoms with E-state index in [0.717, 1.165) is 29.9 Å². The van der Waals surface area contributed by atoms with Crippen LogP contribution in [0.3, 0.4) is 0 Å². The standard InChI is InChI=1S/C27H36N8O2S/c1-18(34-12-14-35(15-13-34)26(36)37-27(2,3)4)19-8-10-29-24(17-19)32-25(38)31-22-7-6-20(16-21(22)28)23-9-11-30-33(23)5/h6-11,16-18H,12-15,28H2,1-5H3,(H2,29,31,32,38). The third-order valence-electron chi connectivity index (χ3n) is 6.44. The van der Waals surface area contributed by atoms with Crippen molar-refractivity contribution in [2.45, 2.75) is 39.3 Å². The number of piperazine rings is 1. The van der Waals surface area contributed by atoms with Crippen molar-refractivity contribution in [1.82, 2.24) is 24.6 Å². The molecule has 0 bridgehead atoms. The summed E-state index contributed by atoms with van der Waals surface area (Å²) >= 11 is 5.53. The van der Waals surface area contributed by atoms with Crippen LogP contribution < -0.4 is 16.4 Å². The SMILES string of the molecule is CC(c1ccnc(NC(=S)Nc2ccc(-c3ccnn3C)cc2N)c1)N1CCN(C(=O)OC(C)(C)C)CC1. The predicted octanol–water partition coefficient (Wildman–Crippen LogP) is 4.49. The Morgan fingerprint density at radius 1 is 1.08 bits per heavy atom. The van der Waals surface area contributed by atoms with E-state index in [2.05, 4.69) is 32.5 Å². The number of aryl methyl sites for hydroxylation is 1. The van der Waals surface area contributed by atoms with Gasteiger partial charge in [-0.05, 0) is 75.8 Å². The molecule has 4 rings (SSSR count). The molecule has 10 nitrogen and oxygen atoms in total. The van der Waals surface area contributed by atoms with Crippen LogP contribution in [-0.4, -0.2) is 67.6 Å². The monoisotopic (exact) mass is 536 g/mol. The van der Waals surface area contributed by atoms with Crippen molar-refractivity contribution in [1.29, 1.82) is 0 Å². The van der Waals surface area contributed by atoms with Crippen molar-refractivity contribution < 1.29 is 9.53 Å². The van der Waals surface area contributed by atoms with Crippen LogP contribution in [0.15, 0.2) is 48.8 Å². The zero-order valence-corrected chi connectivity index (χ0v) is 23.4. The van der Waals surface area contributed by atoms with Crippen LogP contribution in [0.5, 0.6) is 0 Å². The van der Waals surface area contributed by atoms with Gasteiger partial charge in [0.1, 0.15) is 11.4 Å². The lowest BCUT2D eigenvalue weighted by Crippen LogP contribution is -2.50. The number of hydrogen-bond donors (Lipinski definition) is 3. The Labute approximate surface area is 229 Å². The Morgan fingerprint density at radius 2 is 1.82 bits per heavy atom. The molecule has 1 atom stereocenters. The van der Waals surface area contributed by atoms with Gasteiger partial charge in [0.2, 0.25) is 0 Å². The number of rotatable bonds is 5. The highest BCUT2D eigenvalue weighted by Gasteiger charge is 2.28. The molecule has 202 valence electrons. The van der Waals surface area contributed by atoms with Crippen molar-refractivity contribution in [2.24, 2.45) is 7.05 Å². The molecular weight excluding hydrogens is 500 g/mol. The van der Waals surface area contributed by atoms with Crippen molar-refractivity contribution in [2.75, 3.05) is 42.5 Å². The summed E-state index contributed by atoms with van der Waals surface area (Å²) < 4.78 is 7.31. The molecule has 1 unspecified atom stereocenters. The maximum atomic E-state index is 12.4. The van der Waals surface area contributed by atoms with Gasteiger partial charge < -0.3 is 26.0 Å². The fourth-order valence-electron chi connectivity index (χ4n) is 4.37. The summed E-state index contributed by atoms with van der Waals surface area (Å²) in [5, 5.41) is 10.9. The number of carbonyl (C=O) groups is 1. The minimum atomic E-state index is -0.494. The lowest BCUT2D eigenvalue weighted by Gasteiger charge is -2.38. The second kappa shape index (κ2) is 11.4. The Bertz CT molecular complexity index is 1290. The van der Waals surface area contributed by atoms with Crippen LogP contribution in [-0.2, 0) is 11.8 Å². The van der Waals surface area contributed by atoms with Crippen molar-refractivity contribution in [3.05, 3.63) is 54.4 Å². The number of nitrogen functional groups attached to an aromatic ring is 1. The lowest BCUT2D eigenvalue weighted by molar-refractivity contribution is 0.0110. The molecule has 0 radical (unpaired) electrons. The van der Waals surface area contributed by atoms with Gasteiger partial charge in [-0.1, -0.05) is 6.07 Å². The molecule has 0 saturated carbocycles. The van der Waals surface area contributed by atoms with E-state index >= 15 is 0 Å². The Morgan fingerprint density at radius 3 is 2.45 bits per heavy atom. The number of hydrogen-bond acceptors (Lipinski definition) is 7. The Balaban J connectivity index is 1.33. The van der Waals surface area contributed by atoms with Crippen molar-refractivity contribution in [3.63, 3.8) is 0 Å². The first-order valence-corrected chi connectivity index (χ1v) is 13.0. The summed E-state index contributed by atoms with van der Waals surface area (Å²) in [7, 11) is 1.89. The normalized spacial score (nSPS) is 15.1. The predicted molar refractivity (Wildman–Crippen MR) is 155 cm³/mol. The van der Waals surface area contributed by atoms with Gasteiger partial charge in [0.15, 0.2) is 5.11 Å². The molecule has 0 spiro atoms. The van der Waals surface area contributed by atoms with Crippen LogP contribution in [0.1, 0.15) is 39.3 Å². The molecule has 3 heterocycles. The highest BCUT2D eigenvalue weighted by molar-refractivity contribution is 7.80.